The largest absolute Gasteiger partial charge is 0.360 e. The van der Waals surface area contributed by atoms with Crippen LogP contribution in [-0.4, -0.2) is 15.3 Å². The van der Waals surface area contributed by atoms with E-state index in [-0.39, 0.29) is 6.17 Å². The lowest BCUT2D eigenvalue weighted by atomic mass is 9.89. The molecule has 1 aliphatic heterocycles. The number of nitrogens with zero attached hydrogens (tertiary/aromatic N) is 3. The molecule has 1 aliphatic rings. The molecular formula is C59H40N4. The Morgan fingerprint density at radius 3 is 1.68 bits per heavy atom. The van der Waals surface area contributed by atoms with Gasteiger partial charge in [-0.2, -0.15) is 0 Å². The summed E-state index contributed by atoms with van der Waals surface area (Å²) in [5.74, 6) is 0. The first-order valence-electron chi connectivity index (χ1n) is 21.5. The second-order valence-electron chi connectivity index (χ2n) is 16.2. The van der Waals surface area contributed by atoms with Gasteiger partial charge in [-0.25, -0.2) is 4.98 Å². The van der Waals surface area contributed by atoms with E-state index in [9.17, 15) is 0 Å². The van der Waals surface area contributed by atoms with Gasteiger partial charge in [0.15, 0.2) is 0 Å². The molecule has 0 saturated carbocycles. The Morgan fingerprint density at radius 1 is 0.413 bits per heavy atom. The molecule has 0 spiro atoms. The van der Waals surface area contributed by atoms with E-state index >= 15 is 0 Å². The molecule has 11 aromatic rings. The second-order valence-corrected chi connectivity index (χ2v) is 16.2. The number of pyridine rings is 1. The number of fused-ring (bicyclic) bond motifs is 6. The van der Waals surface area contributed by atoms with Crippen LogP contribution in [0.25, 0.3) is 88.4 Å². The van der Waals surface area contributed by atoms with Crippen LogP contribution in [0.2, 0.25) is 0 Å². The van der Waals surface area contributed by atoms with Gasteiger partial charge < -0.3 is 9.88 Å². The first-order valence-corrected chi connectivity index (χ1v) is 21.5. The van der Waals surface area contributed by atoms with Gasteiger partial charge in [0.2, 0.25) is 0 Å². The predicted octanol–water partition coefficient (Wildman–Crippen LogP) is 14.6. The van der Waals surface area contributed by atoms with Crippen LogP contribution in [0.3, 0.4) is 0 Å². The Bertz CT molecular complexity index is 3510. The minimum absolute atomic E-state index is 0.264. The summed E-state index contributed by atoms with van der Waals surface area (Å²) < 4.78 is 2.36. The summed E-state index contributed by atoms with van der Waals surface area (Å²) in [5, 5.41) is 9.81. The number of rotatable bonds is 7. The van der Waals surface area contributed by atoms with Crippen molar-refractivity contribution in [1.29, 1.82) is 0 Å². The molecule has 0 saturated heterocycles. The van der Waals surface area contributed by atoms with Gasteiger partial charge in [0.1, 0.15) is 6.17 Å². The fourth-order valence-electron chi connectivity index (χ4n) is 9.43. The van der Waals surface area contributed by atoms with Gasteiger partial charge in [0.05, 0.1) is 28.0 Å². The summed E-state index contributed by atoms with van der Waals surface area (Å²) in [7, 11) is 0. The van der Waals surface area contributed by atoms with Gasteiger partial charge in [0.25, 0.3) is 0 Å². The van der Waals surface area contributed by atoms with E-state index in [1.807, 2.05) is 0 Å². The number of benzene rings is 9. The van der Waals surface area contributed by atoms with E-state index in [0.717, 1.165) is 67.1 Å². The minimum Gasteiger partial charge on any atom is -0.360 e. The molecule has 12 rings (SSSR count). The molecule has 1 N–H and O–H groups in total. The molecule has 0 fully saturated rings. The number of hydrogen-bond donors (Lipinski definition) is 1. The molecule has 296 valence electrons. The lowest BCUT2D eigenvalue weighted by Gasteiger charge is -2.25. The normalized spacial score (nSPS) is 13.9. The predicted molar refractivity (Wildman–Crippen MR) is 263 cm³/mol. The highest BCUT2D eigenvalue weighted by Crippen LogP contribution is 2.41. The third-order valence-electron chi connectivity index (χ3n) is 12.4. The van der Waals surface area contributed by atoms with Crippen LogP contribution in [-0.2, 0) is 0 Å². The van der Waals surface area contributed by atoms with Crippen molar-refractivity contribution in [3.63, 3.8) is 0 Å². The summed E-state index contributed by atoms with van der Waals surface area (Å²) in [6.07, 6.45) is 1.94. The van der Waals surface area contributed by atoms with Gasteiger partial charge in [-0.1, -0.05) is 182 Å². The quantitative estimate of drug-likeness (QED) is 0.163. The van der Waals surface area contributed by atoms with Gasteiger partial charge >= 0.3 is 0 Å². The molecular weight excluding hydrogens is 765 g/mol. The Balaban J connectivity index is 0.983. The van der Waals surface area contributed by atoms with Crippen LogP contribution < -0.4 is 5.32 Å². The molecule has 4 heteroatoms. The zero-order valence-electron chi connectivity index (χ0n) is 34.4. The first-order chi connectivity index (χ1) is 31.2. The van der Waals surface area contributed by atoms with Gasteiger partial charge in [0, 0.05) is 38.7 Å². The highest BCUT2D eigenvalue weighted by molar-refractivity contribution is 6.19. The van der Waals surface area contributed by atoms with Crippen molar-refractivity contribution < 1.29 is 0 Å². The van der Waals surface area contributed by atoms with E-state index < -0.39 is 0 Å². The average Bonchev–Trinajstić information content (AvgIpc) is 3.71. The van der Waals surface area contributed by atoms with Crippen LogP contribution in [0.4, 0.5) is 0 Å². The number of hydrogen-bond acceptors (Lipinski definition) is 3. The van der Waals surface area contributed by atoms with E-state index in [0.29, 0.717) is 0 Å². The van der Waals surface area contributed by atoms with Crippen molar-refractivity contribution in [3.8, 4) is 39.2 Å². The van der Waals surface area contributed by atoms with Gasteiger partial charge in [-0.05, 0) is 92.7 Å². The van der Waals surface area contributed by atoms with Crippen molar-refractivity contribution in [2.24, 2.45) is 4.99 Å². The Labute approximate surface area is 365 Å². The molecule has 1 unspecified atom stereocenters. The highest BCUT2D eigenvalue weighted by atomic mass is 15.1. The average molecular weight is 805 g/mol. The molecule has 0 radical (unpaired) electrons. The van der Waals surface area contributed by atoms with E-state index in [2.05, 4.69) is 240 Å². The Hall–Kier alpha value is -8.34. The first kappa shape index (κ1) is 36.5. The van der Waals surface area contributed by atoms with Crippen molar-refractivity contribution in [3.05, 3.63) is 247 Å². The van der Waals surface area contributed by atoms with Crippen LogP contribution in [0.15, 0.2) is 236 Å². The molecule has 1 atom stereocenters. The molecule has 0 aliphatic carbocycles. The lowest BCUT2D eigenvalue weighted by Crippen LogP contribution is -2.24. The van der Waals surface area contributed by atoms with Gasteiger partial charge in [-0.15, -0.1) is 0 Å². The number of nitrogens with one attached hydrogen (secondary N) is 1. The summed E-state index contributed by atoms with van der Waals surface area (Å²) >= 11 is 0. The van der Waals surface area contributed by atoms with Crippen molar-refractivity contribution in [2.75, 3.05) is 0 Å². The fourth-order valence-corrected chi connectivity index (χ4v) is 9.43. The Morgan fingerprint density at radius 2 is 0.984 bits per heavy atom. The van der Waals surface area contributed by atoms with E-state index in [1.54, 1.807) is 0 Å². The van der Waals surface area contributed by atoms with Crippen molar-refractivity contribution >= 4 is 54.9 Å². The molecule has 2 aromatic heterocycles. The SMILES string of the molecule is C1=C(c2ccc(-n3c4ccccc4c4ccccc43)cc2)NC(c2ccccc2)N=C1c1cccc(-c2cc3nc(-c4ccccc4)cc(-c4ccccc4)c3c3ccccc23)c1. The minimum atomic E-state index is -0.264. The zero-order chi connectivity index (χ0) is 41.7. The lowest BCUT2D eigenvalue weighted by molar-refractivity contribution is 0.664. The third-order valence-corrected chi connectivity index (χ3v) is 12.4. The van der Waals surface area contributed by atoms with Crippen molar-refractivity contribution in [2.45, 2.75) is 6.17 Å². The van der Waals surface area contributed by atoms with Crippen LogP contribution >= 0.6 is 0 Å². The molecule has 9 aromatic carbocycles. The topological polar surface area (TPSA) is 42.2 Å². The maximum absolute atomic E-state index is 5.38. The van der Waals surface area contributed by atoms with Gasteiger partial charge in [-0.3, -0.25) is 4.99 Å². The maximum atomic E-state index is 5.38. The number of aliphatic imine (C=N–C) groups is 1. The van der Waals surface area contributed by atoms with Crippen LogP contribution in [0, 0.1) is 0 Å². The number of para-hydroxylation sites is 2. The zero-order valence-corrected chi connectivity index (χ0v) is 34.4. The highest BCUT2D eigenvalue weighted by Gasteiger charge is 2.22. The van der Waals surface area contributed by atoms with Crippen LogP contribution in [0.1, 0.15) is 22.9 Å². The summed E-state index contributed by atoms with van der Waals surface area (Å²) in [6, 6.07) is 80.0. The summed E-state index contributed by atoms with van der Waals surface area (Å²) in [6.45, 7) is 0. The summed E-state index contributed by atoms with van der Waals surface area (Å²) in [5.41, 5.74) is 16.3. The molecule has 0 amide bonds. The third kappa shape index (κ3) is 6.48. The van der Waals surface area contributed by atoms with E-state index in [4.69, 9.17) is 9.98 Å². The smallest absolute Gasteiger partial charge is 0.145 e. The molecule has 3 heterocycles. The molecule has 63 heavy (non-hydrogen) atoms. The molecule has 4 nitrogen and oxygen atoms in total. The van der Waals surface area contributed by atoms with E-state index in [1.165, 1.54) is 43.7 Å². The van der Waals surface area contributed by atoms with Crippen LogP contribution in [0.5, 0.6) is 0 Å². The Kier molecular flexibility index (Phi) is 8.86. The fraction of sp³-hybridized carbons (Fsp3) is 0.0169. The number of allylic oxidation sites excluding steroid dienone is 1. The maximum Gasteiger partial charge on any atom is 0.145 e. The monoisotopic (exact) mass is 804 g/mol. The molecule has 0 bridgehead atoms. The second kappa shape index (κ2) is 15.3. The number of aromatic nitrogens is 2. The standard InChI is InChI=1S/C59H40N4/c1-4-17-39(18-5-1)51-37-52(40-19-6-2-7-20-40)60-55-36-50(46-25-10-11-28-49(46)58(51)55)43-23-16-24-44(35-43)54-38-53(61-59(62-54)42-21-8-3-9-22-42)41-31-33-45(34-32-41)63-56-29-14-12-26-47(56)48-27-13-15-30-57(48)63/h1-38,59,61H. The van der Waals surface area contributed by atoms with Crippen molar-refractivity contribution in [1.82, 2.24) is 14.9 Å². The summed E-state index contributed by atoms with van der Waals surface area (Å²) in [4.78, 5) is 10.8.